The average molecular weight is 204 g/mol. The zero-order valence-electron chi connectivity index (χ0n) is 9.90. The summed E-state index contributed by atoms with van der Waals surface area (Å²) in [6.45, 7) is 0.183. The monoisotopic (exact) mass is 204 g/mol. The molecule has 76 valence electrons. The van der Waals surface area contributed by atoms with E-state index in [9.17, 15) is 4.79 Å². The van der Waals surface area contributed by atoms with Gasteiger partial charge in [-0.2, -0.15) is 0 Å². The Morgan fingerprint density at radius 3 is 2.80 bits per heavy atom. The summed E-state index contributed by atoms with van der Waals surface area (Å²) in [5.41, 5.74) is 1.34. The molecule has 0 saturated carbocycles. The van der Waals surface area contributed by atoms with Crippen LogP contribution >= 0.6 is 0 Å². The quantitative estimate of drug-likeness (QED) is 0.602. The molecule has 1 aromatic rings. The second-order valence-corrected chi connectivity index (χ2v) is 4.09. The second kappa shape index (κ2) is 2.42. The van der Waals surface area contributed by atoms with Crippen LogP contribution in [-0.2, 0) is 14.3 Å². The Kier molecular flexibility index (Phi) is 1.01. The lowest BCUT2D eigenvalue weighted by Crippen LogP contribution is -2.22. The van der Waals surface area contributed by atoms with Gasteiger partial charge < -0.3 is 9.47 Å². The van der Waals surface area contributed by atoms with Gasteiger partial charge in [0.15, 0.2) is 0 Å². The first-order valence-electron chi connectivity index (χ1n) is 6.04. The number of carbonyl (C=O) groups excluding carboxylic acids is 1. The third-order valence-corrected chi connectivity index (χ3v) is 3.36. The number of rotatable bonds is 0. The predicted molar refractivity (Wildman–Crippen MR) is 50.9 cm³/mol. The van der Waals surface area contributed by atoms with E-state index < -0.39 is 24.0 Å². The van der Waals surface area contributed by atoms with Crippen molar-refractivity contribution in [3.8, 4) is 0 Å². The van der Waals surface area contributed by atoms with Crippen molar-refractivity contribution in [1.29, 1.82) is 0 Å². The Morgan fingerprint density at radius 1 is 1.27 bits per heavy atom. The number of hydrogen-bond donors (Lipinski definition) is 0. The molecule has 4 atom stereocenters. The summed E-state index contributed by atoms with van der Waals surface area (Å²) in [4.78, 5) is 11.7. The van der Waals surface area contributed by atoms with Crippen LogP contribution in [0.2, 0.25) is 0 Å². The first-order chi connectivity index (χ1) is 8.07. The molecule has 3 aliphatic heterocycles. The predicted octanol–water partition coefficient (Wildman–Crippen LogP) is 1.60. The standard InChI is InChI=1S/C12H10O3/c13-12-9-8(5-14-12)10-6-3-1-2-4-7(6)11(9)15-10/h1-4,8-11H,5H2/i10D,11D. The highest BCUT2D eigenvalue weighted by molar-refractivity contribution is 5.77. The van der Waals surface area contributed by atoms with Crippen LogP contribution in [0.3, 0.4) is 0 Å². The lowest BCUT2D eigenvalue weighted by molar-refractivity contribution is -0.144. The van der Waals surface area contributed by atoms with E-state index in [1.54, 1.807) is 18.2 Å². The van der Waals surface area contributed by atoms with Crippen molar-refractivity contribution in [2.24, 2.45) is 11.8 Å². The van der Waals surface area contributed by atoms with Crippen molar-refractivity contribution in [1.82, 2.24) is 0 Å². The van der Waals surface area contributed by atoms with Gasteiger partial charge in [0.25, 0.3) is 0 Å². The SMILES string of the molecule is [2H]C12OC([2H])(c3ccccc31)C1C(=O)OCC12. The Morgan fingerprint density at radius 2 is 2.00 bits per heavy atom. The van der Waals surface area contributed by atoms with Gasteiger partial charge in [0.1, 0.15) is 0 Å². The van der Waals surface area contributed by atoms with E-state index in [4.69, 9.17) is 12.2 Å². The highest BCUT2D eigenvalue weighted by Gasteiger charge is 2.59. The van der Waals surface area contributed by atoms with Gasteiger partial charge in [0.05, 0.1) is 27.4 Å². The summed E-state index contributed by atoms with van der Waals surface area (Å²) in [5.74, 6) is -1.43. The van der Waals surface area contributed by atoms with Gasteiger partial charge in [-0.25, -0.2) is 0 Å². The number of carbonyl (C=O) groups is 1. The molecule has 0 aliphatic carbocycles. The van der Waals surface area contributed by atoms with Crippen LogP contribution in [0, 0.1) is 11.8 Å². The third kappa shape index (κ3) is 0.789. The normalized spacial score (nSPS) is 51.9. The Balaban J connectivity index is 2.02. The van der Waals surface area contributed by atoms with Crippen LogP contribution in [0.15, 0.2) is 24.3 Å². The zero-order chi connectivity index (χ0) is 11.8. The van der Waals surface area contributed by atoms with Gasteiger partial charge in [0.2, 0.25) is 0 Å². The minimum Gasteiger partial charge on any atom is -0.465 e. The van der Waals surface area contributed by atoms with E-state index in [0.29, 0.717) is 11.1 Å². The topological polar surface area (TPSA) is 35.5 Å². The molecule has 3 heteroatoms. The smallest absolute Gasteiger partial charge is 0.312 e. The molecule has 1 aromatic carbocycles. The summed E-state index contributed by atoms with van der Waals surface area (Å²) < 4.78 is 27.4. The molecule has 3 heterocycles. The highest BCUT2D eigenvalue weighted by Crippen LogP contribution is 2.59. The highest BCUT2D eigenvalue weighted by atomic mass is 16.6. The van der Waals surface area contributed by atoms with E-state index >= 15 is 0 Å². The molecule has 4 rings (SSSR count). The maximum Gasteiger partial charge on any atom is 0.312 e. The lowest BCUT2D eigenvalue weighted by atomic mass is 9.78. The average Bonchev–Trinajstić information content (AvgIpc) is 2.87. The largest absolute Gasteiger partial charge is 0.465 e. The molecule has 0 radical (unpaired) electrons. The van der Waals surface area contributed by atoms with Crippen molar-refractivity contribution in [2.45, 2.75) is 12.2 Å². The summed E-state index contributed by atoms with van der Waals surface area (Å²) in [5, 5.41) is 0. The van der Waals surface area contributed by atoms with Crippen LogP contribution in [0.25, 0.3) is 0 Å². The Bertz CT molecular complexity index is 546. The first kappa shape index (κ1) is 6.28. The molecule has 3 nitrogen and oxygen atoms in total. The van der Waals surface area contributed by atoms with Crippen molar-refractivity contribution in [3.63, 3.8) is 0 Å². The fraction of sp³-hybridized carbons (Fsp3) is 0.417. The minimum absolute atomic E-state index is 0.183. The fourth-order valence-corrected chi connectivity index (χ4v) is 2.69. The first-order valence-corrected chi connectivity index (χ1v) is 5.04. The van der Waals surface area contributed by atoms with E-state index in [2.05, 4.69) is 0 Å². The number of ether oxygens (including phenoxy) is 2. The van der Waals surface area contributed by atoms with E-state index in [0.717, 1.165) is 0 Å². The molecule has 3 aliphatic rings. The maximum atomic E-state index is 11.7. The lowest BCUT2D eigenvalue weighted by Gasteiger charge is -2.19. The van der Waals surface area contributed by atoms with Crippen LogP contribution in [0.1, 0.15) is 26.0 Å². The number of esters is 1. The van der Waals surface area contributed by atoms with Crippen LogP contribution < -0.4 is 0 Å². The maximum absolute atomic E-state index is 11.7. The van der Waals surface area contributed by atoms with E-state index in [1.165, 1.54) is 0 Å². The van der Waals surface area contributed by atoms with Crippen molar-refractivity contribution < 1.29 is 17.0 Å². The van der Waals surface area contributed by atoms with Crippen LogP contribution in [-0.4, -0.2) is 12.6 Å². The van der Waals surface area contributed by atoms with Crippen LogP contribution in [0.5, 0.6) is 0 Å². The zero-order valence-corrected chi connectivity index (χ0v) is 7.90. The van der Waals surface area contributed by atoms with Gasteiger partial charge in [-0.3, -0.25) is 4.79 Å². The molecule has 4 unspecified atom stereocenters. The summed E-state index contributed by atoms with van der Waals surface area (Å²) in [7, 11) is 0. The van der Waals surface area contributed by atoms with Crippen molar-refractivity contribution >= 4 is 5.97 Å². The van der Waals surface area contributed by atoms with Gasteiger partial charge in [-0.1, -0.05) is 24.3 Å². The Hall–Kier alpha value is -1.35. The number of cyclic esters (lactones) is 1. The fourth-order valence-electron chi connectivity index (χ4n) is 2.69. The number of fused-ring (bicyclic) bond motifs is 8. The molecule has 0 amide bonds. The van der Waals surface area contributed by atoms with Gasteiger partial charge in [0, 0.05) is 5.92 Å². The summed E-state index contributed by atoms with van der Waals surface area (Å²) >= 11 is 0. The third-order valence-electron chi connectivity index (χ3n) is 3.36. The van der Waals surface area contributed by atoms with E-state index in [-0.39, 0.29) is 12.5 Å². The molecule has 2 fully saturated rings. The van der Waals surface area contributed by atoms with E-state index in [1.807, 2.05) is 6.07 Å². The second-order valence-electron chi connectivity index (χ2n) is 4.09. The minimum atomic E-state index is -1.43. The molecule has 0 spiro atoms. The molecule has 2 saturated heterocycles. The molecule has 0 aromatic heterocycles. The summed E-state index contributed by atoms with van der Waals surface area (Å²) in [6.07, 6.45) is -2.73. The van der Waals surface area contributed by atoms with Crippen LogP contribution in [0.4, 0.5) is 0 Å². The Labute approximate surface area is 89.8 Å². The number of benzene rings is 1. The molecule has 0 N–H and O–H groups in total. The molecular weight excluding hydrogens is 192 g/mol. The number of hydrogen-bond acceptors (Lipinski definition) is 3. The van der Waals surface area contributed by atoms with Gasteiger partial charge in [-0.15, -0.1) is 0 Å². The van der Waals surface area contributed by atoms with Gasteiger partial charge >= 0.3 is 5.97 Å². The van der Waals surface area contributed by atoms with Crippen molar-refractivity contribution in [2.75, 3.05) is 6.61 Å². The summed E-state index contributed by atoms with van der Waals surface area (Å²) in [6, 6.07) is 7.20. The van der Waals surface area contributed by atoms with Crippen molar-refractivity contribution in [3.05, 3.63) is 35.4 Å². The van der Waals surface area contributed by atoms with Gasteiger partial charge in [-0.05, 0) is 11.1 Å². The molecule has 15 heavy (non-hydrogen) atoms. The molecule has 2 bridgehead atoms. The molecular formula is C12H10O3.